The quantitative estimate of drug-likeness (QED) is 0.859. The zero-order valence-electron chi connectivity index (χ0n) is 13.2. The number of hydrogen-bond acceptors (Lipinski definition) is 3. The summed E-state index contributed by atoms with van der Waals surface area (Å²) in [5.41, 5.74) is -0.661. The lowest BCUT2D eigenvalue weighted by Gasteiger charge is -2.22. The van der Waals surface area contributed by atoms with Crippen LogP contribution in [-0.4, -0.2) is 30.0 Å². The summed E-state index contributed by atoms with van der Waals surface area (Å²) in [5.74, 6) is -0.103. The molecule has 6 heteroatoms. The molecule has 1 atom stereocenters. The first-order valence-corrected chi connectivity index (χ1v) is 7.59. The van der Waals surface area contributed by atoms with Gasteiger partial charge in [-0.15, -0.1) is 0 Å². The van der Waals surface area contributed by atoms with Crippen LogP contribution in [0.4, 0.5) is 9.18 Å². The van der Waals surface area contributed by atoms with Crippen LogP contribution in [0.25, 0.3) is 0 Å². The molecule has 124 valence electrons. The molecule has 1 unspecified atom stereocenters. The molecule has 1 saturated heterocycles. The SMILES string of the molecule is CC1(c2ccc(F)cc2)NC(=O)N(CCOc2ccccc2)C1=O. The Bertz CT molecular complexity index is 749. The molecule has 0 saturated carbocycles. The minimum absolute atomic E-state index is 0.135. The molecule has 3 rings (SSSR count). The molecule has 1 heterocycles. The van der Waals surface area contributed by atoms with Gasteiger partial charge in [0.25, 0.3) is 5.91 Å². The smallest absolute Gasteiger partial charge is 0.325 e. The zero-order chi connectivity index (χ0) is 17.2. The topological polar surface area (TPSA) is 58.6 Å². The molecule has 0 aromatic heterocycles. The van der Waals surface area contributed by atoms with E-state index in [4.69, 9.17) is 4.74 Å². The molecule has 0 bridgehead atoms. The number of imide groups is 1. The zero-order valence-corrected chi connectivity index (χ0v) is 13.2. The first kappa shape index (κ1) is 16.0. The highest BCUT2D eigenvalue weighted by atomic mass is 19.1. The molecule has 1 fully saturated rings. The Morgan fingerprint density at radius 1 is 1.08 bits per heavy atom. The molecule has 1 aliphatic rings. The van der Waals surface area contributed by atoms with E-state index in [0.29, 0.717) is 11.3 Å². The van der Waals surface area contributed by atoms with Gasteiger partial charge in [0.2, 0.25) is 0 Å². The second-order valence-electron chi connectivity index (χ2n) is 5.68. The number of halogens is 1. The lowest BCUT2D eigenvalue weighted by Crippen LogP contribution is -2.41. The van der Waals surface area contributed by atoms with E-state index in [1.165, 1.54) is 24.3 Å². The normalized spacial score (nSPS) is 20.2. The third kappa shape index (κ3) is 2.95. The standard InChI is InChI=1S/C18H17FN2O3/c1-18(13-7-9-14(19)10-8-13)16(22)21(17(23)20-18)11-12-24-15-5-3-2-4-6-15/h2-10H,11-12H2,1H3,(H,20,23). The van der Waals surface area contributed by atoms with Crippen LogP contribution >= 0.6 is 0 Å². The van der Waals surface area contributed by atoms with Crippen molar-refractivity contribution in [2.45, 2.75) is 12.5 Å². The first-order valence-electron chi connectivity index (χ1n) is 7.59. The number of nitrogens with one attached hydrogen (secondary N) is 1. The maximum Gasteiger partial charge on any atom is 0.325 e. The predicted octanol–water partition coefficient (Wildman–Crippen LogP) is 2.67. The Morgan fingerprint density at radius 2 is 1.75 bits per heavy atom. The number of amides is 3. The summed E-state index contributed by atoms with van der Waals surface area (Å²) in [5, 5.41) is 2.67. The van der Waals surface area contributed by atoms with E-state index in [9.17, 15) is 14.0 Å². The highest BCUT2D eigenvalue weighted by Crippen LogP contribution is 2.28. The van der Waals surface area contributed by atoms with Crippen molar-refractivity contribution >= 4 is 11.9 Å². The van der Waals surface area contributed by atoms with Crippen LogP contribution < -0.4 is 10.1 Å². The first-order chi connectivity index (χ1) is 11.5. The van der Waals surface area contributed by atoms with Crippen molar-refractivity contribution < 1.29 is 18.7 Å². The molecule has 5 nitrogen and oxygen atoms in total. The van der Waals surface area contributed by atoms with Gasteiger partial charge in [-0.25, -0.2) is 9.18 Å². The number of hydrogen-bond donors (Lipinski definition) is 1. The van der Waals surface area contributed by atoms with E-state index in [0.717, 1.165) is 4.90 Å². The molecule has 1 N–H and O–H groups in total. The van der Waals surface area contributed by atoms with Crippen molar-refractivity contribution in [3.8, 4) is 5.75 Å². The van der Waals surface area contributed by atoms with Gasteiger partial charge in [-0.3, -0.25) is 9.69 Å². The summed E-state index contributed by atoms with van der Waals surface area (Å²) in [6.07, 6.45) is 0. The number of ether oxygens (including phenoxy) is 1. The van der Waals surface area contributed by atoms with Gasteiger partial charge in [0.1, 0.15) is 23.7 Å². The van der Waals surface area contributed by atoms with E-state index in [1.807, 2.05) is 18.2 Å². The number of carbonyl (C=O) groups excluding carboxylic acids is 2. The van der Waals surface area contributed by atoms with Crippen LogP contribution in [0.15, 0.2) is 54.6 Å². The number of nitrogens with zero attached hydrogens (tertiary/aromatic N) is 1. The largest absolute Gasteiger partial charge is 0.492 e. The predicted molar refractivity (Wildman–Crippen MR) is 85.9 cm³/mol. The molecule has 1 aliphatic heterocycles. The number of carbonyl (C=O) groups is 2. The monoisotopic (exact) mass is 328 g/mol. The van der Waals surface area contributed by atoms with Crippen LogP contribution in [0.3, 0.4) is 0 Å². The van der Waals surface area contributed by atoms with Crippen LogP contribution in [-0.2, 0) is 10.3 Å². The number of para-hydroxylation sites is 1. The van der Waals surface area contributed by atoms with Crippen molar-refractivity contribution in [2.24, 2.45) is 0 Å². The lowest BCUT2D eigenvalue weighted by atomic mass is 9.92. The minimum Gasteiger partial charge on any atom is -0.492 e. The van der Waals surface area contributed by atoms with Crippen molar-refractivity contribution in [1.82, 2.24) is 10.2 Å². The fourth-order valence-electron chi connectivity index (χ4n) is 2.65. The Hall–Kier alpha value is -2.89. The van der Waals surface area contributed by atoms with Crippen molar-refractivity contribution in [1.29, 1.82) is 0 Å². The van der Waals surface area contributed by atoms with E-state index < -0.39 is 17.4 Å². The van der Waals surface area contributed by atoms with Crippen molar-refractivity contribution in [3.05, 3.63) is 66.0 Å². The lowest BCUT2D eigenvalue weighted by molar-refractivity contribution is -0.131. The average Bonchev–Trinajstić information content (AvgIpc) is 2.80. The molecule has 2 aromatic carbocycles. The van der Waals surface area contributed by atoms with Gasteiger partial charge in [-0.1, -0.05) is 30.3 Å². The molecule has 2 aromatic rings. The highest BCUT2D eigenvalue weighted by molar-refractivity contribution is 6.07. The third-order valence-electron chi connectivity index (χ3n) is 4.02. The van der Waals surface area contributed by atoms with E-state index in [1.54, 1.807) is 19.1 Å². The van der Waals surface area contributed by atoms with E-state index in [-0.39, 0.29) is 19.1 Å². The molecular formula is C18H17FN2O3. The third-order valence-corrected chi connectivity index (χ3v) is 4.02. The van der Waals surface area contributed by atoms with Gasteiger partial charge in [0.05, 0.1) is 6.54 Å². The van der Waals surface area contributed by atoms with E-state index in [2.05, 4.69) is 5.32 Å². The van der Waals surface area contributed by atoms with Crippen LogP contribution in [0.5, 0.6) is 5.75 Å². The van der Waals surface area contributed by atoms with Crippen LogP contribution in [0.1, 0.15) is 12.5 Å². The molecule has 0 aliphatic carbocycles. The molecule has 3 amide bonds. The molecule has 0 spiro atoms. The molecule has 24 heavy (non-hydrogen) atoms. The maximum absolute atomic E-state index is 13.1. The summed E-state index contributed by atoms with van der Waals surface area (Å²) in [6, 6.07) is 14.2. The summed E-state index contributed by atoms with van der Waals surface area (Å²) in [7, 11) is 0. The molecule has 0 radical (unpaired) electrons. The minimum atomic E-state index is -1.20. The average molecular weight is 328 g/mol. The van der Waals surface area contributed by atoms with Gasteiger partial charge >= 0.3 is 6.03 Å². The van der Waals surface area contributed by atoms with Crippen LogP contribution in [0.2, 0.25) is 0 Å². The Balaban J connectivity index is 1.68. The Labute approximate surface area is 139 Å². The summed E-state index contributed by atoms with van der Waals surface area (Å²) >= 11 is 0. The van der Waals surface area contributed by atoms with Gasteiger partial charge in [0, 0.05) is 0 Å². The number of urea groups is 1. The fourth-order valence-corrected chi connectivity index (χ4v) is 2.65. The van der Waals surface area contributed by atoms with Gasteiger partial charge in [0.15, 0.2) is 0 Å². The second kappa shape index (κ2) is 6.31. The summed E-state index contributed by atoms with van der Waals surface area (Å²) in [4.78, 5) is 25.9. The summed E-state index contributed by atoms with van der Waals surface area (Å²) in [6.45, 7) is 1.94. The maximum atomic E-state index is 13.1. The van der Waals surface area contributed by atoms with Crippen LogP contribution in [0, 0.1) is 5.82 Å². The molecular weight excluding hydrogens is 311 g/mol. The van der Waals surface area contributed by atoms with Crippen molar-refractivity contribution in [3.63, 3.8) is 0 Å². The van der Waals surface area contributed by atoms with Gasteiger partial charge < -0.3 is 10.1 Å². The summed E-state index contributed by atoms with van der Waals surface area (Å²) < 4.78 is 18.6. The van der Waals surface area contributed by atoms with E-state index >= 15 is 0 Å². The Morgan fingerprint density at radius 3 is 2.42 bits per heavy atom. The second-order valence-corrected chi connectivity index (χ2v) is 5.68. The van der Waals surface area contributed by atoms with Crippen molar-refractivity contribution in [2.75, 3.05) is 13.2 Å². The fraction of sp³-hybridized carbons (Fsp3) is 0.222. The highest BCUT2D eigenvalue weighted by Gasteiger charge is 2.48. The number of benzene rings is 2. The van der Waals surface area contributed by atoms with Gasteiger partial charge in [-0.2, -0.15) is 0 Å². The van der Waals surface area contributed by atoms with Gasteiger partial charge in [-0.05, 0) is 36.8 Å². The number of rotatable bonds is 5. The Kier molecular flexibility index (Phi) is 4.20.